The second-order valence-electron chi connectivity index (χ2n) is 6.59. The maximum atomic E-state index is 12.1. The van der Waals surface area contributed by atoms with Gasteiger partial charge in [-0.05, 0) is 30.4 Å². The monoisotopic (exact) mass is 363 g/mol. The van der Waals surface area contributed by atoms with Crippen molar-refractivity contribution in [1.82, 2.24) is 15.5 Å². The number of nitrogens with zero attached hydrogens (tertiary/aromatic N) is 2. The summed E-state index contributed by atoms with van der Waals surface area (Å²) in [4.78, 5) is 16.2. The molecule has 1 aromatic carbocycles. The van der Waals surface area contributed by atoms with Crippen molar-refractivity contribution in [2.45, 2.75) is 39.2 Å². The molecule has 0 saturated heterocycles. The van der Waals surface area contributed by atoms with Gasteiger partial charge in [0.1, 0.15) is 0 Å². The number of aromatic nitrogens is 2. The smallest absolute Gasteiger partial charge is 0.418 e. The van der Waals surface area contributed by atoms with Crippen LogP contribution in [0.25, 0.3) is 11.4 Å². The molecular weight excluding hydrogens is 342 g/mol. The van der Waals surface area contributed by atoms with Crippen LogP contribution in [0.5, 0.6) is 6.08 Å². The van der Waals surface area contributed by atoms with E-state index in [9.17, 15) is 4.79 Å². The maximum Gasteiger partial charge on any atom is 0.418 e. The highest BCUT2D eigenvalue weighted by atomic mass is 35.5. The fourth-order valence-corrected chi connectivity index (χ4v) is 3.40. The van der Waals surface area contributed by atoms with E-state index >= 15 is 0 Å². The standard InChI is InChI=1S/C18H22ClN3O3/c1-11-6-5-9-15(12(11)2)20-16(23)10-24-18-21-17(22-25-18)13-7-3-4-8-14(13)19/h3-4,7-8,11-12,15H,5-6,9-10H2,1-2H3,(H,20,23)/t11-,12-,15+/m1/s1. The Labute approximate surface area is 151 Å². The minimum absolute atomic E-state index is 0.0462. The number of carbonyl (C=O) groups is 1. The second kappa shape index (κ2) is 7.87. The zero-order valence-corrected chi connectivity index (χ0v) is 15.1. The number of halogens is 1. The summed E-state index contributed by atoms with van der Waals surface area (Å²) in [6.07, 6.45) is 3.32. The molecule has 2 aromatic rings. The van der Waals surface area contributed by atoms with Crippen LogP contribution >= 0.6 is 11.6 Å². The Balaban J connectivity index is 1.54. The summed E-state index contributed by atoms with van der Waals surface area (Å²) in [7, 11) is 0. The third kappa shape index (κ3) is 4.31. The molecule has 3 rings (SSSR count). The topological polar surface area (TPSA) is 77.2 Å². The molecule has 1 amide bonds. The van der Waals surface area contributed by atoms with Crippen LogP contribution < -0.4 is 10.1 Å². The van der Waals surface area contributed by atoms with E-state index in [-0.39, 0.29) is 24.6 Å². The Kier molecular flexibility index (Phi) is 5.58. The highest BCUT2D eigenvalue weighted by molar-refractivity contribution is 6.33. The van der Waals surface area contributed by atoms with E-state index in [1.807, 2.05) is 12.1 Å². The van der Waals surface area contributed by atoms with Crippen LogP contribution in [-0.4, -0.2) is 28.7 Å². The lowest BCUT2D eigenvalue weighted by molar-refractivity contribution is -0.125. The lowest BCUT2D eigenvalue weighted by Gasteiger charge is -2.34. The molecule has 1 N–H and O–H groups in total. The first-order chi connectivity index (χ1) is 12.0. The van der Waals surface area contributed by atoms with Gasteiger partial charge in [0.15, 0.2) is 6.61 Å². The largest absolute Gasteiger partial charge is 0.439 e. The predicted molar refractivity (Wildman–Crippen MR) is 94.3 cm³/mol. The van der Waals surface area contributed by atoms with E-state index in [0.717, 1.165) is 12.8 Å². The van der Waals surface area contributed by atoms with Gasteiger partial charge in [0, 0.05) is 11.6 Å². The maximum absolute atomic E-state index is 12.1. The Morgan fingerprint density at radius 2 is 2.16 bits per heavy atom. The van der Waals surface area contributed by atoms with Gasteiger partial charge in [0.05, 0.1) is 5.02 Å². The van der Waals surface area contributed by atoms with E-state index in [1.165, 1.54) is 6.42 Å². The number of benzene rings is 1. The van der Waals surface area contributed by atoms with Crippen molar-refractivity contribution >= 4 is 17.5 Å². The van der Waals surface area contributed by atoms with Gasteiger partial charge in [-0.2, -0.15) is 4.98 Å². The van der Waals surface area contributed by atoms with Crippen molar-refractivity contribution in [1.29, 1.82) is 0 Å². The minimum Gasteiger partial charge on any atom is -0.439 e. The van der Waals surface area contributed by atoms with Crippen LogP contribution in [0.15, 0.2) is 28.8 Å². The first kappa shape index (κ1) is 17.7. The minimum atomic E-state index is -0.177. The fraction of sp³-hybridized carbons (Fsp3) is 0.500. The Hall–Kier alpha value is -2.08. The molecule has 0 radical (unpaired) electrons. The lowest BCUT2D eigenvalue weighted by atomic mass is 9.78. The fourth-order valence-electron chi connectivity index (χ4n) is 3.18. The summed E-state index contributed by atoms with van der Waals surface area (Å²) in [5.41, 5.74) is 0.650. The number of hydrogen-bond acceptors (Lipinski definition) is 5. The van der Waals surface area contributed by atoms with E-state index in [0.29, 0.717) is 28.2 Å². The number of ether oxygens (including phenoxy) is 1. The molecule has 0 bridgehead atoms. The van der Waals surface area contributed by atoms with E-state index in [4.69, 9.17) is 20.9 Å². The Bertz CT molecular complexity index is 734. The molecule has 6 nitrogen and oxygen atoms in total. The molecule has 1 saturated carbocycles. The van der Waals surface area contributed by atoms with E-state index in [2.05, 4.69) is 29.3 Å². The van der Waals surface area contributed by atoms with Crippen LogP contribution in [0.4, 0.5) is 0 Å². The van der Waals surface area contributed by atoms with Gasteiger partial charge in [-0.3, -0.25) is 9.32 Å². The van der Waals surface area contributed by atoms with Crippen molar-refractivity contribution in [3.05, 3.63) is 29.3 Å². The molecule has 1 aliphatic carbocycles. The molecule has 3 atom stereocenters. The Morgan fingerprint density at radius 1 is 1.36 bits per heavy atom. The van der Waals surface area contributed by atoms with Crippen LogP contribution in [0.3, 0.4) is 0 Å². The normalized spacial score (nSPS) is 23.2. The highest BCUT2D eigenvalue weighted by Gasteiger charge is 2.28. The van der Waals surface area contributed by atoms with Crippen molar-refractivity contribution in [2.24, 2.45) is 11.8 Å². The summed E-state index contributed by atoms with van der Waals surface area (Å²) >= 11 is 6.10. The quantitative estimate of drug-likeness (QED) is 0.876. The van der Waals surface area contributed by atoms with Gasteiger partial charge in [0.25, 0.3) is 5.91 Å². The third-order valence-corrected chi connectivity index (χ3v) is 5.23. The number of nitrogens with one attached hydrogen (secondary N) is 1. The second-order valence-corrected chi connectivity index (χ2v) is 7.00. The van der Waals surface area contributed by atoms with Gasteiger partial charge < -0.3 is 10.1 Å². The highest BCUT2D eigenvalue weighted by Crippen LogP contribution is 2.29. The molecule has 0 aliphatic heterocycles. The molecule has 7 heteroatoms. The van der Waals surface area contributed by atoms with Crippen molar-refractivity contribution in [3.8, 4) is 17.5 Å². The lowest BCUT2D eigenvalue weighted by Crippen LogP contribution is -2.45. The number of amides is 1. The van der Waals surface area contributed by atoms with Crippen molar-refractivity contribution in [3.63, 3.8) is 0 Å². The van der Waals surface area contributed by atoms with E-state index < -0.39 is 0 Å². The average molecular weight is 364 g/mol. The Morgan fingerprint density at radius 3 is 2.96 bits per heavy atom. The zero-order valence-electron chi connectivity index (χ0n) is 14.4. The van der Waals surface area contributed by atoms with Crippen molar-refractivity contribution < 1.29 is 14.1 Å². The van der Waals surface area contributed by atoms with Gasteiger partial charge in [-0.15, -0.1) is 0 Å². The van der Waals surface area contributed by atoms with Gasteiger partial charge in [0.2, 0.25) is 5.82 Å². The molecule has 1 aliphatic rings. The molecule has 1 fully saturated rings. The SMILES string of the molecule is C[C@@H]1[C@H](C)CCC[C@@H]1NC(=O)COc1nc(-c2ccccc2Cl)no1. The molecule has 25 heavy (non-hydrogen) atoms. The summed E-state index contributed by atoms with van der Waals surface area (Å²) < 4.78 is 10.3. The summed E-state index contributed by atoms with van der Waals surface area (Å²) in [5, 5.41) is 7.40. The van der Waals surface area contributed by atoms with Crippen LogP contribution in [0.2, 0.25) is 5.02 Å². The first-order valence-corrected chi connectivity index (χ1v) is 8.93. The zero-order chi connectivity index (χ0) is 17.8. The average Bonchev–Trinajstić information content (AvgIpc) is 3.06. The summed E-state index contributed by atoms with van der Waals surface area (Å²) in [5.74, 6) is 1.24. The summed E-state index contributed by atoms with van der Waals surface area (Å²) in [6, 6.07) is 7.38. The molecular formula is C18H22ClN3O3. The molecule has 1 aromatic heterocycles. The molecule has 1 heterocycles. The van der Waals surface area contributed by atoms with Gasteiger partial charge >= 0.3 is 6.08 Å². The summed E-state index contributed by atoms with van der Waals surface area (Å²) in [6.45, 7) is 4.26. The number of hydrogen-bond donors (Lipinski definition) is 1. The van der Waals surface area contributed by atoms with Gasteiger partial charge in [-0.25, -0.2) is 0 Å². The first-order valence-electron chi connectivity index (χ1n) is 8.55. The number of carbonyl (C=O) groups excluding carboxylic acids is 1. The van der Waals surface area contributed by atoms with E-state index in [1.54, 1.807) is 12.1 Å². The molecule has 134 valence electrons. The molecule has 0 spiro atoms. The van der Waals surface area contributed by atoms with Crippen LogP contribution in [0, 0.1) is 11.8 Å². The molecule has 0 unspecified atom stereocenters. The number of rotatable bonds is 5. The van der Waals surface area contributed by atoms with Crippen LogP contribution in [-0.2, 0) is 4.79 Å². The van der Waals surface area contributed by atoms with Crippen LogP contribution in [0.1, 0.15) is 33.1 Å². The predicted octanol–water partition coefficient (Wildman–Crippen LogP) is 3.71. The van der Waals surface area contributed by atoms with Gasteiger partial charge in [-0.1, -0.05) is 55.6 Å². The van der Waals surface area contributed by atoms with Crippen molar-refractivity contribution in [2.75, 3.05) is 6.61 Å². The third-order valence-electron chi connectivity index (χ3n) is 4.90.